The van der Waals surface area contributed by atoms with Crippen LogP contribution in [0, 0.1) is 11.8 Å². The van der Waals surface area contributed by atoms with Gasteiger partial charge in [0.05, 0.1) is 18.8 Å². The van der Waals surface area contributed by atoms with E-state index in [1.807, 2.05) is 12.2 Å². The summed E-state index contributed by atoms with van der Waals surface area (Å²) in [7, 11) is 0. The van der Waals surface area contributed by atoms with Crippen molar-refractivity contribution in [3.05, 3.63) is 24.3 Å². The van der Waals surface area contributed by atoms with E-state index in [0.29, 0.717) is 32.1 Å². The van der Waals surface area contributed by atoms with Crippen molar-refractivity contribution in [2.75, 3.05) is 13.2 Å². The van der Waals surface area contributed by atoms with E-state index in [0.717, 1.165) is 38.5 Å². The zero-order valence-corrected chi connectivity index (χ0v) is 34.0. The number of hydrogen-bond donors (Lipinski definition) is 3. The van der Waals surface area contributed by atoms with Gasteiger partial charge in [-0.2, -0.15) is 0 Å². The van der Waals surface area contributed by atoms with Crippen molar-refractivity contribution in [3.8, 4) is 0 Å². The Balaban J connectivity index is 2.05. The maximum atomic E-state index is 12.5. The fourth-order valence-electron chi connectivity index (χ4n) is 7.18. The molecule has 0 spiro atoms. The van der Waals surface area contributed by atoms with Gasteiger partial charge in [0.15, 0.2) is 6.10 Å². The Hall–Kier alpha value is -2.03. The monoisotopic (exact) mass is 749 g/mol. The van der Waals surface area contributed by atoms with E-state index in [-0.39, 0.29) is 43.0 Å². The smallest absolute Gasteiger partial charge is 0.306 e. The van der Waals surface area contributed by atoms with Gasteiger partial charge in [-0.25, -0.2) is 0 Å². The van der Waals surface area contributed by atoms with Crippen molar-refractivity contribution in [1.82, 2.24) is 0 Å². The molecule has 1 rings (SSSR count). The van der Waals surface area contributed by atoms with Crippen molar-refractivity contribution in [3.63, 3.8) is 0 Å². The second-order valence-electron chi connectivity index (χ2n) is 15.6. The van der Waals surface area contributed by atoms with Crippen LogP contribution in [0.2, 0.25) is 0 Å². The van der Waals surface area contributed by atoms with Gasteiger partial charge in [0.1, 0.15) is 12.4 Å². The van der Waals surface area contributed by atoms with Crippen LogP contribution in [0.25, 0.3) is 0 Å². The Morgan fingerprint density at radius 2 is 1.23 bits per heavy atom. The van der Waals surface area contributed by atoms with Crippen molar-refractivity contribution in [2.24, 2.45) is 11.8 Å². The van der Waals surface area contributed by atoms with Crippen molar-refractivity contribution in [1.29, 1.82) is 0 Å². The molecule has 0 bridgehead atoms. The molecule has 0 aliphatic heterocycles. The van der Waals surface area contributed by atoms with E-state index >= 15 is 0 Å². The van der Waals surface area contributed by atoms with Gasteiger partial charge in [0, 0.05) is 31.1 Å². The molecule has 0 aromatic rings. The average Bonchev–Trinajstić information content (AvgIpc) is 3.42. The summed E-state index contributed by atoms with van der Waals surface area (Å²) in [6.45, 7) is 3.83. The van der Waals surface area contributed by atoms with Crippen molar-refractivity contribution >= 4 is 17.7 Å². The van der Waals surface area contributed by atoms with E-state index in [9.17, 15) is 29.7 Å². The van der Waals surface area contributed by atoms with Gasteiger partial charge in [-0.05, 0) is 32.1 Å². The number of ketones is 1. The van der Waals surface area contributed by atoms with Crippen LogP contribution in [0.15, 0.2) is 24.3 Å². The standard InChI is InChI=1S/C45H80O8/c1-3-5-7-8-9-10-11-12-13-14-15-16-17-18-19-20-21-22-28-32-45(51)53-39(36-46)37-52-44(50)31-27-24-23-26-30-40-41(43(49)35-42(40)48)34-33-38(47)29-25-6-4-2/h23,26,33-34,38-41,43,46-47,49H,3-22,24-25,27-32,35-37H2,1-2H3/b26-23-,34-33+/t38-,39-,40+,41+,43+/m0/s1. The molecule has 1 aliphatic carbocycles. The summed E-state index contributed by atoms with van der Waals surface area (Å²) in [5, 5.41) is 30.2. The molecule has 8 nitrogen and oxygen atoms in total. The molecule has 308 valence electrons. The highest BCUT2D eigenvalue weighted by atomic mass is 16.6. The van der Waals surface area contributed by atoms with Gasteiger partial charge >= 0.3 is 11.9 Å². The lowest BCUT2D eigenvalue weighted by molar-refractivity contribution is -0.161. The van der Waals surface area contributed by atoms with Crippen LogP contribution in [0.3, 0.4) is 0 Å². The Morgan fingerprint density at radius 1 is 0.717 bits per heavy atom. The summed E-state index contributed by atoms with van der Waals surface area (Å²) in [5.74, 6) is -1.36. The van der Waals surface area contributed by atoms with Crippen molar-refractivity contribution < 1.29 is 39.2 Å². The first-order valence-corrected chi connectivity index (χ1v) is 22.0. The van der Waals surface area contributed by atoms with E-state index in [1.165, 1.54) is 103 Å². The first-order valence-electron chi connectivity index (χ1n) is 22.0. The molecule has 1 aliphatic rings. The number of ether oxygens (including phenoxy) is 2. The molecule has 0 amide bonds. The summed E-state index contributed by atoms with van der Waals surface area (Å²) in [5.41, 5.74) is 0. The Morgan fingerprint density at radius 3 is 1.77 bits per heavy atom. The van der Waals surface area contributed by atoms with Crippen LogP contribution in [0.5, 0.6) is 0 Å². The fourth-order valence-corrected chi connectivity index (χ4v) is 7.18. The number of aliphatic hydroxyl groups excluding tert-OH is 3. The summed E-state index contributed by atoms with van der Waals surface area (Å²) in [6, 6.07) is 0. The third kappa shape index (κ3) is 27.2. The van der Waals surface area contributed by atoms with E-state index in [1.54, 1.807) is 12.2 Å². The zero-order chi connectivity index (χ0) is 38.8. The molecule has 3 N–H and O–H groups in total. The SMILES string of the molecule is CCCCCCCCCCCCCCCCCCCCCC(=O)O[C@@H](CO)COC(=O)CCC/C=C\C[C@H]1C(=O)C[C@@H](O)[C@@H]1/C=C/[C@@H](O)CCCCC. The van der Waals surface area contributed by atoms with Crippen LogP contribution in [0.4, 0.5) is 0 Å². The molecule has 5 atom stereocenters. The lowest BCUT2D eigenvalue weighted by Gasteiger charge is -2.16. The highest BCUT2D eigenvalue weighted by Crippen LogP contribution is 2.33. The normalized spacial score (nSPS) is 18.7. The molecule has 0 aromatic heterocycles. The number of esters is 2. The second-order valence-corrected chi connectivity index (χ2v) is 15.6. The predicted octanol–water partition coefficient (Wildman–Crippen LogP) is 10.4. The molecule has 0 aromatic carbocycles. The summed E-state index contributed by atoms with van der Waals surface area (Å²) < 4.78 is 10.6. The summed E-state index contributed by atoms with van der Waals surface area (Å²) in [6.07, 6.45) is 36.0. The van der Waals surface area contributed by atoms with E-state index in [2.05, 4.69) is 13.8 Å². The number of hydrogen-bond acceptors (Lipinski definition) is 8. The highest BCUT2D eigenvalue weighted by molar-refractivity contribution is 5.84. The van der Waals surface area contributed by atoms with E-state index < -0.39 is 30.9 Å². The minimum Gasteiger partial charge on any atom is -0.462 e. The zero-order valence-electron chi connectivity index (χ0n) is 34.0. The molecule has 1 fully saturated rings. The van der Waals surface area contributed by atoms with Crippen LogP contribution in [-0.4, -0.2) is 64.6 Å². The third-order valence-corrected chi connectivity index (χ3v) is 10.6. The minimum absolute atomic E-state index is 0.0329. The number of allylic oxidation sites excluding steroid dienone is 2. The maximum Gasteiger partial charge on any atom is 0.306 e. The maximum absolute atomic E-state index is 12.5. The van der Waals surface area contributed by atoms with Crippen LogP contribution in [-0.2, 0) is 23.9 Å². The van der Waals surface area contributed by atoms with Crippen LogP contribution >= 0.6 is 0 Å². The number of aliphatic hydroxyl groups is 3. The number of carbonyl (C=O) groups excluding carboxylic acids is 3. The lowest BCUT2D eigenvalue weighted by atomic mass is 9.90. The minimum atomic E-state index is -0.856. The molecule has 0 heterocycles. The van der Waals surface area contributed by atoms with Gasteiger partial charge in [-0.15, -0.1) is 0 Å². The number of carbonyl (C=O) groups is 3. The highest BCUT2D eigenvalue weighted by Gasteiger charge is 2.39. The number of Topliss-reactive ketones (excluding diaryl/α,β-unsaturated/α-hetero) is 1. The molecule has 1 saturated carbocycles. The Labute approximate surface area is 324 Å². The van der Waals surface area contributed by atoms with Gasteiger partial charge in [0.25, 0.3) is 0 Å². The number of rotatable bonds is 36. The topological polar surface area (TPSA) is 130 Å². The number of unbranched alkanes of at least 4 members (excludes halogenated alkanes) is 21. The van der Waals surface area contributed by atoms with Gasteiger partial charge in [-0.3, -0.25) is 14.4 Å². The first kappa shape index (κ1) is 49.0. The second kappa shape index (κ2) is 34.5. The molecular formula is C45H80O8. The first-order chi connectivity index (χ1) is 25.8. The molecule has 0 radical (unpaired) electrons. The van der Waals surface area contributed by atoms with Crippen molar-refractivity contribution in [2.45, 2.75) is 218 Å². The molecular weight excluding hydrogens is 668 g/mol. The van der Waals surface area contributed by atoms with Gasteiger partial charge < -0.3 is 24.8 Å². The summed E-state index contributed by atoms with van der Waals surface area (Å²) in [4.78, 5) is 36.9. The molecule has 0 saturated heterocycles. The quantitative estimate of drug-likeness (QED) is 0.0328. The lowest BCUT2D eigenvalue weighted by Crippen LogP contribution is -2.28. The third-order valence-electron chi connectivity index (χ3n) is 10.6. The van der Waals surface area contributed by atoms with E-state index in [4.69, 9.17) is 9.47 Å². The van der Waals surface area contributed by atoms with Crippen LogP contribution < -0.4 is 0 Å². The molecule has 8 heteroatoms. The fraction of sp³-hybridized carbons (Fsp3) is 0.844. The van der Waals surface area contributed by atoms with Gasteiger partial charge in [0.2, 0.25) is 0 Å². The average molecular weight is 749 g/mol. The summed E-state index contributed by atoms with van der Waals surface area (Å²) >= 11 is 0. The van der Waals surface area contributed by atoms with Gasteiger partial charge in [-0.1, -0.05) is 173 Å². The molecule has 0 unspecified atom stereocenters. The largest absolute Gasteiger partial charge is 0.462 e. The Kier molecular flexibility index (Phi) is 31.9. The predicted molar refractivity (Wildman–Crippen MR) is 215 cm³/mol. The van der Waals surface area contributed by atoms with Crippen LogP contribution in [0.1, 0.15) is 200 Å². The molecule has 53 heavy (non-hydrogen) atoms. The Bertz CT molecular complexity index is 962.